The predicted octanol–water partition coefficient (Wildman–Crippen LogP) is 13.4. The second kappa shape index (κ2) is 28.5. The van der Waals surface area contributed by atoms with Crippen molar-refractivity contribution in [1.82, 2.24) is 10.2 Å². The van der Waals surface area contributed by atoms with Gasteiger partial charge in [-0.25, -0.2) is 19.4 Å². The highest BCUT2D eigenvalue weighted by atomic mass is 28.4. The standard InChI is InChI=1S/C73H97N5O15Si2/c1-18-31-89-63(80)39-51(45(3)4)64(81)74-47(6)59(79)36-48-25-27-49(28-26-48)43-91-70(85)78-55-40-60(46(5)35-52(55)65(82)75-44-73(29-30-73)42-58(75)68(78)93-95(16,17)72(10,11)12)87-33-22-34-88-62-41-56-53(38-61(62)86-13)66(83)76-54-24-21-20-23-50(54)37-57(76)67(77(56)69(84)90-32-19-2)92-94(14,15)71(7,8)9/h18-21,23-28,35,38,40-41,45,47,51,57-58,67-68H,1-2,22,29-34,36-37,39,42-44H2,3-17H3,(H,74,81)/t47-,51-,57-,58-,67?,68?/m0/s1. The van der Waals surface area contributed by atoms with E-state index in [4.69, 9.17) is 37.3 Å². The lowest BCUT2D eigenvalue weighted by molar-refractivity contribution is -0.146. The molecule has 95 heavy (non-hydrogen) atoms. The van der Waals surface area contributed by atoms with Crippen molar-refractivity contribution in [2.24, 2.45) is 17.3 Å². The topological polar surface area (TPSA) is 218 Å². The minimum atomic E-state index is -2.70. The Morgan fingerprint density at radius 3 is 1.84 bits per heavy atom. The number of nitrogens with one attached hydrogen (secondary N) is 1. The van der Waals surface area contributed by atoms with Gasteiger partial charge in [0, 0.05) is 37.2 Å². The molecule has 9 rings (SSSR count). The highest BCUT2D eigenvalue weighted by Crippen LogP contribution is 2.58. The van der Waals surface area contributed by atoms with Crippen LogP contribution in [0.2, 0.25) is 36.3 Å². The molecule has 0 radical (unpaired) electrons. The number of aryl methyl sites for hydroxylation is 1. The third-order valence-electron chi connectivity index (χ3n) is 20.2. The number of ketones is 1. The van der Waals surface area contributed by atoms with E-state index in [0.717, 1.165) is 24.1 Å². The van der Waals surface area contributed by atoms with Gasteiger partial charge in [-0.1, -0.05) is 123 Å². The van der Waals surface area contributed by atoms with Crippen LogP contribution >= 0.6 is 0 Å². The van der Waals surface area contributed by atoms with Crippen molar-refractivity contribution in [3.8, 4) is 17.2 Å². The van der Waals surface area contributed by atoms with Gasteiger partial charge in [-0.15, -0.1) is 0 Å². The highest BCUT2D eigenvalue weighted by molar-refractivity contribution is 6.74. The summed E-state index contributed by atoms with van der Waals surface area (Å²) in [6.07, 6.45) is 2.91. The van der Waals surface area contributed by atoms with Crippen LogP contribution < -0.4 is 34.2 Å². The molecule has 2 unspecified atom stereocenters. The number of Topliss-reactive ketones (excluding diaryl/α,β-unsaturated/α-hetero) is 1. The highest BCUT2D eigenvalue weighted by Gasteiger charge is 2.60. The first-order valence-electron chi connectivity index (χ1n) is 33.1. The van der Waals surface area contributed by atoms with Crippen molar-refractivity contribution in [3.63, 3.8) is 0 Å². The molecular weight excluding hydrogens is 1240 g/mol. The maximum Gasteiger partial charge on any atom is 0.416 e. The molecule has 4 aliphatic heterocycles. The summed E-state index contributed by atoms with van der Waals surface area (Å²) in [5.74, 6) is -1.62. The first-order chi connectivity index (χ1) is 44.7. The van der Waals surface area contributed by atoms with Gasteiger partial charge in [0.05, 0.1) is 73.3 Å². The van der Waals surface area contributed by atoms with E-state index >= 15 is 14.4 Å². The number of hydrogen-bond donors (Lipinski definition) is 1. The molecule has 20 nitrogen and oxygen atoms in total. The predicted molar refractivity (Wildman–Crippen MR) is 369 cm³/mol. The SMILES string of the molecule is C=CCOC(=O)C[C@H](C(=O)N[C@@H](C)C(=O)Cc1ccc(COC(=O)N2c3cc(OCCCOc4cc5c(cc4OC)C(=O)N4c6ccccc6C[C@H]4C(O[Si](C)(C)C(C)(C)C)N5C(=O)OCC=C)c(C)cc3C(=O)N3CC4(CC4)C[C@H]3C2O[Si](C)(C)C(C)(C)C)cc1)C(C)C. The minimum Gasteiger partial charge on any atom is -0.493 e. The molecule has 5 aliphatic rings. The van der Waals surface area contributed by atoms with Gasteiger partial charge in [0.1, 0.15) is 25.6 Å². The molecule has 4 aromatic carbocycles. The Labute approximate surface area is 562 Å². The minimum absolute atomic E-state index is 0.0164. The number of esters is 1. The number of methoxy groups -OCH3 is 1. The van der Waals surface area contributed by atoms with E-state index in [1.165, 1.54) is 29.1 Å². The fraction of sp³-hybridized carbons (Fsp3) is 0.521. The number of carbonyl (C=O) groups excluding carboxylic acids is 7. The summed E-state index contributed by atoms with van der Waals surface area (Å²) in [5.41, 5.74) is 4.68. The molecule has 1 N–H and O–H groups in total. The normalized spacial score (nSPS) is 19.5. The number of hydrogen-bond acceptors (Lipinski definition) is 15. The molecule has 5 amide bonds. The Kier molecular flexibility index (Phi) is 21.4. The van der Waals surface area contributed by atoms with Gasteiger partial charge in [0.2, 0.25) is 5.91 Å². The summed E-state index contributed by atoms with van der Waals surface area (Å²) in [7, 11) is -3.88. The van der Waals surface area contributed by atoms with Crippen LogP contribution in [-0.2, 0) is 56.9 Å². The van der Waals surface area contributed by atoms with Crippen LogP contribution in [0, 0.1) is 24.2 Å². The Morgan fingerprint density at radius 2 is 1.25 bits per heavy atom. The zero-order chi connectivity index (χ0) is 69.3. The van der Waals surface area contributed by atoms with Crippen LogP contribution in [0.25, 0.3) is 0 Å². The average Bonchev–Trinajstić information content (AvgIpc) is 1.58. The molecule has 4 aromatic rings. The number of amides is 5. The largest absolute Gasteiger partial charge is 0.493 e. The molecule has 0 aromatic heterocycles. The van der Waals surface area contributed by atoms with E-state index in [2.05, 4.69) is 86.2 Å². The van der Waals surface area contributed by atoms with E-state index in [1.807, 2.05) is 49.9 Å². The lowest BCUT2D eigenvalue weighted by Crippen LogP contribution is -2.59. The molecule has 4 heterocycles. The Morgan fingerprint density at radius 1 is 0.695 bits per heavy atom. The summed E-state index contributed by atoms with van der Waals surface area (Å²) in [5, 5.41) is 2.24. The van der Waals surface area contributed by atoms with Gasteiger partial charge in [0.25, 0.3) is 11.8 Å². The zero-order valence-electron chi connectivity index (χ0n) is 58.1. The third kappa shape index (κ3) is 15.4. The maximum atomic E-state index is 15.3. The van der Waals surface area contributed by atoms with E-state index in [1.54, 1.807) is 60.4 Å². The van der Waals surface area contributed by atoms with Crippen molar-refractivity contribution in [2.45, 2.75) is 188 Å². The van der Waals surface area contributed by atoms with Crippen molar-refractivity contribution in [2.75, 3.05) is 54.8 Å². The molecule has 0 bridgehead atoms. The Hall–Kier alpha value is -7.80. The van der Waals surface area contributed by atoms with E-state index in [-0.39, 0.29) is 108 Å². The quantitative estimate of drug-likeness (QED) is 0.0214. The molecule has 1 spiro atoms. The molecule has 1 aliphatic carbocycles. The molecule has 512 valence electrons. The van der Waals surface area contributed by atoms with Gasteiger partial charge in [0.15, 0.2) is 46.4 Å². The number of carbonyl (C=O) groups is 7. The number of nitrogens with zero attached hydrogens (tertiary/aromatic N) is 4. The summed E-state index contributed by atoms with van der Waals surface area (Å²) in [6, 6.07) is 19.7. The van der Waals surface area contributed by atoms with Crippen LogP contribution in [-0.4, -0.2) is 134 Å². The number of ether oxygens (including phenoxy) is 6. The molecule has 2 fully saturated rings. The summed E-state index contributed by atoms with van der Waals surface area (Å²) < 4.78 is 50.8. The number of benzene rings is 4. The fourth-order valence-corrected chi connectivity index (χ4v) is 14.7. The number of para-hydroxylation sites is 1. The average molecular weight is 1340 g/mol. The van der Waals surface area contributed by atoms with E-state index in [9.17, 15) is 19.2 Å². The summed E-state index contributed by atoms with van der Waals surface area (Å²) >= 11 is 0. The second-order valence-electron chi connectivity index (χ2n) is 29.4. The monoisotopic (exact) mass is 1340 g/mol. The van der Waals surface area contributed by atoms with Gasteiger partial charge in [-0.05, 0) is 128 Å². The van der Waals surface area contributed by atoms with Crippen molar-refractivity contribution in [1.29, 1.82) is 0 Å². The van der Waals surface area contributed by atoms with Crippen LogP contribution in [0.15, 0.2) is 98.1 Å². The number of rotatable bonds is 25. The smallest absolute Gasteiger partial charge is 0.416 e. The fourth-order valence-electron chi connectivity index (χ4n) is 12.3. The summed E-state index contributed by atoms with van der Waals surface area (Å²) in [6.45, 7) is 36.3. The second-order valence-corrected chi connectivity index (χ2v) is 38.9. The van der Waals surface area contributed by atoms with Gasteiger partial charge < -0.3 is 52.4 Å². The maximum absolute atomic E-state index is 15.3. The van der Waals surface area contributed by atoms with Gasteiger partial charge in [-0.3, -0.25) is 24.0 Å². The number of anilines is 3. The van der Waals surface area contributed by atoms with Crippen LogP contribution in [0.4, 0.5) is 26.7 Å². The van der Waals surface area contributed by atoms with Crippen LogP contribution in [0.5, 0.6) is 17.2 Å². The lowest BCUT2D eigenvalue weighted by atomic mass is 9.91. The van der Waals surface area contributed by atoms with Crippen molar-refractivity contribution < 1.29 is 70.8 Å². The summed E-state index contributed by atoms with van der Waals surface area (Å²) in [4.78, 5) is 106. The molecule has 1 saturated heterocycles. The third-order valence-corrected chi connectivity index (χ3v) is 29.1. The lowest BCUT2D eigenvalue weighted by Gasteiger charge is -2.44. The van der Waals surface area contributed by atoms with Crippen LogP contribution in [0.3, 0.4) is 0 Å². The molecular formula is C73H97N5O15Si2. The van der Waals surface area contributed by atoms with Crippen LogP contribution in [0.1, 0.15) is 137 Å². The molecule has 6 atom stereocenters. The first kappa shape index (κ1) is 71.5. The van der Waals surface area contributed by atoms with E-state index < -0.39 is 77.2 Å². The zero-order valence-corrected chi connectivity index (χ0v) is 60.1. The van der Waals surface area contributed by atoms with Crippen molar-refractivity contribution >= 4 is 75.4 Å². The van der Waals surface area contributed by atoms with E-state index in [0.29, 0.717) is 59.5 Å². The molecule has 1 saturated carbocycles. The van der Waals surface area contributed by atoms with Gasteiger partial charge in [-0.2, -0.15) is 0 Å². The molecule has 22 heteroatoms. The van der Waals surface area contributed by atoms with Gasteiger partial charge >= 0.3 is 18.2 Å². The Bertz CT molecular complexity index is 3590. The van der Waals surface area contributed by atoms with Crippen molar-refractivity contribution in [3.05, 3.63) is 131 Å². The first-order valence-corrected chi connectivity index (χ1v) is 39.0. The Balaban J connectivity index is 0.958. The number of fused-ring (bicyclic) bond motifs is 6.